The van der Waals surface area contributed by atoms with E-state index in [1.165, 1.54) is 0 Å². The number of nitrogen functional groups attached to an aromatic ring is 1. The first-order chi connectivity index (χ1) is 10.4. The SMILES string of the molecule is Cl.Cn1cncc1C(=O)NC1CC(C)(C)Oc2ccc(N)cc21. The van der Waals surface area contributed by atoms with Crippen LogP contribution in [0.2, 0.25) is 0 Å². The van der Waals surface area contributed by atoms with Crippen molar-refractivity contribution in [3.63, 3.8) is 0 Å². The maximum atomic E-state index is 12.5. The number of amides is 1. The second-order valence-electron chi connectivity index (χ2n) is 6.28. The van der Waals surface area contributed by atoms with E-state index in [0.717, 1.165) is 11.3 Å². The average molecular weight is 337 g/mol. The Hall–Kier alpha value is -2.21. The van der Waals surface area contributed by atoms with Gasteiger partial charge in [-0.1, -0.05) is 0 Å². The number of aryl methyl sites for hydroxylation is 1. The molecule has 0 saturated heterocycles. The number of hydrogen-bond acceptors (Lipinski definition) is 4. The number of aromatic nitrogens is 2. The van der Waals surface area contributed by atoms with Crippen LogP contribution in [0.1, 0.15) is 42.4 Å². The van der Waals surface area contributed by atoms with Crippen molar-refractivity contribution in [2.45, 2.75) is 31.9 Å². The Morgan fingerprint density at radius 3 is 2.87 bits per heavy atom. The van der Waals surface area contributed by atoms with E-state index in [2.05, 4.69) is 10.3 Å². The second kappa shape index (κ2) is 6.12. The number of halogens is 1. The number of fused-ring (bicyclic) bond motifs is 1. The minimum Gasteiger partial charge on any atom is -0.487 e. The molecule has 0 bridgehead atoms. The molecule has 0 spiro atoms. The summed E-state index contributed by atoms with van der Waals surface area (Å²) in [5, 5.41) is 3.07. The quantitative estimate of drug-likeness (QED) is 0.825. The minimum atomic E-state index is -0.354. The van der Waals surface area contributed by atoms with Crippen molar-refractivity contribution in [3.8, 4) is 5.75 Å². The molecule has 7 heteroatoms. The van der Waals surface area contributed by atoms with Gasteiger partial charge in [0.1, 0.15) is 17.0 Å². The lowest BCUT2D eigenvalue weighted by atomic mass is 9.89. The molecule has 0 radical (unpaired) electrons. The number of nitrogens with two attached hydrogens (primary N) is 1. The maximum absolute atomic E-state index is 12.5. The highest BCUT2D eigenvalue weighted by molar-refractivity contribution is 5.92. The third kappa shape index (κ3) is 3.42. The summed E-state index contributed by atoms with van der Waals surface area (Å²) in [5.41, 5.74) is 7.61. The van der Waals surface area contributed by atoms with Gasteiger partial charge in [0.25, 0.3) is 5.91 Å². The van der Waals surface area contributed by atoms with Crippen LogP contribution in [0.3, 0.4) is 0 Å². The van der Waals surface area contributed by atoms with Crippen LogP contribution in [0, 0.1) is 0 Å². The van der Waals surface area contributed by atoms with E-state index in [0.29, 0.717) is 17.8 Å². The molecule has 0 aliphatic carbocycles. The molecule has 1 aliphatic rings. The highest BCUT2D eigenvalue weighted by Crippen LogP contribution is 2.40. The monoisotopic (exact) mass is 336 g/mol. The molecule has 0 fully saturated rings. The zero-order valence-electron chi connectivity index (χ0n) is 13.4. The number of carbonyl (C=O) groups is 1. The Kier molecular flexibility index (Phi) is 4.56. The summed E-state index contributed by atoms with van der Waals surface area (Å²) in [6.45, 7) is 4.02. The molecule has 124 valence electrons. The number of ether oxygens (including phenoxy) is 1. The lowest BCUT2D eigenvalue weighted by molar-refractivity contribution is 0.0617. The van der Waals surface area contributed by atoms with Gasteiger partial charge in [-0.3, -0.25) is 4.79 Å². The fourth-order valence-electron chi connectivity index (χ4n) is 2.81. The highest BCUT2D eigenvalue weighted by atomic mass is 35.5. The van der Waals surface area contributed by atoms with Crippen molar-refractivity contribution in [2.75, 3.05) is 5.73 Å². The Labute approximate surface area is 141 Å². The summed E-state index contributed by atoms with van der Waals surface area (Å²) >= 11 is 0. The molecule has 0 saturated carbocycles. The molecule has 1 unspecified atom stereocenters. The number of hydrogen-bond donors (Lipinski definition) is 2. The molecular formula is C16H21ClN4O2. The van der Waals surface area contributed by atoms with Gasteiger partial charge in [-0.05, 0) is 32.0 Å². The van der Waals surface area contributed by atoms with Gasteiger partial charge < -0.3 is 20.4 Å². The summed E-state index contributed by atoms with van der Waals surface area (Å²) < 4.78 is 7.67. The largest absolute Gasteiger partial charge is 0.487 e. The average Bonchev–Trinajstić information content (AvgIpc) is 2.85. The van der Waals surface area contributed by atoms with Crippen LogP contribution in [0.5, 0.6) is 5.75 Å². The molecule has 1 amide bonds. The third-order valence-corrected chi connectivity index (χ3v) is 3.85. The Balaban J connectivity index is 0.00000192. The fraction of sp³-hybridized carbons (Fsp3) is 0.375. The van der Waals surface area contributed by atoms with Crippen molar-refractivity contribution in [2.24, 2.45) is 7.05 Å². The van der Waals surface area contributed by atoms with E-state index in [1.807, 2.05) is 26.0 Å². The topological polar surface area (TPSA) is 82.2 Å². The summed E-state index contributed by atoms with van der Waals surface area (Å²) in [4.78, 5) is 16.4. The van der Waals surface area contributed by atoms with Gasteiger partial charge in [-0.25, -0.2) is 4.98 Å². The smallest absolute Gasteiger partial charge is 0.270 e. The van der Waals surface area contributed by atoms with Crippen molar-refractivity contribution in [3.05, 3.63) is 42.0 Å². The third-order valence-electron chi connectivity index (χ3n) is 3.85. The summed E-state index contributed by atoms with van der Waals surface area (Å²) in [6, 6.07) is 5.37. The van der Waals surface area contributed by atoms with Crippen molar-refractivity contribution in [1.29, 1.82) is 0 Å². The van der Waals surface area contributed by atoms with E-state index in [9.17, 15) is 4.79 Å². The van der Waals surface area contributed by atoms with Crippen LogP contribution in [0.4, 0.5) is 5.69 Å². The highest BCUT2D eigenvalue weighted by Gasteiger charge is 2.35. The van der Waals surface area contributed by atoms with E-state index >= 15 is 0 Å². The van der Waals surface area contributed by atoms with Gasteiger partial charge in [0.15, 0.2) is 0 Å². The van der Waals surface area contributed by atoms with Crippen LogP contribution in [-0.2, 0) is 7.05 Å². The summed E-state index contributed by atoms with van der Waals surface area (Å²) in [6.07, 6.45) is 3.84. The van der Waals surface area contributed by atoms with Crippen LogP contribution in [0.15, 0.2) is 30.7 Å². The second-order valence-corrected chi connectivity index (χ2v) is 6.28. The van der Waals surface area contributed by atoms with Gasteiger partial charge in [0.2, 0.25) is 0 Å². The Morgan fingerprint density at radius 2 is 2.22 bits per heavy atom. The normalized spacial score (nSPS) is 18.3. The molecule has 1 aromatic heterocycles. The van der Waals surface area contributed by atoms with Gasteiger partial charge >= 0.3 is 0 Å². The van der Waals surface area contributed by atoms with E-state index in [4.69, 9.17) is 10.5 Å². The lowest BCUT2D eigenvalue weighted by Crippen LogP contribution is -2.41. The van der Waals surface area contributed by atoms with Gasteiger partial charge in [0, 0.05) is 24.7 Å². The predicted octanol–water partition coefficient (Wildman–Crippen LogP) is 2.46. The van der Waals surface area contributed by atoms with Crippen molar-refractivity contribution in [1.82, 2.24) is 14.9 Å². The molecule has 3 rings (SSSR count). The van der Waals surface area contributed by atoms with Crippen LogP contribution < -0.4 is 15.8 Å². The Bertz CT molecular complexity index is 727. The molecular weight excluding hydrogens is 316 g/mol. The zero-order chi connectivity index (χ0) is 15.9. The predicted molar refractivity (Wildman–Crippen MR) is 90.8 cm³/mol. The van der Waals surface area contributed by atoms with Crippen molar-refractivity contribution >= 4 is 24.0 Å². The number of carbonyl (C=O) groups excluding carboxylic acids is 1. The number of benzene rings is 1. The van der Waals surface area contributed by atoms with Gasteiger partial charge in [-0.15, -0.1) is 12.4 Å². The number of rotatable bonds is 2. The molecule has 2 aromatic rings. The fourth-order valence-corrected chi connectivity index (χ4v) is 2.81. The molecule has 1 aliphatic heterocycles. The van der Waals surface area contributed by atoms with Crippen molar-refractivity contribution < 1.29 is 9.53 Å². The molecule has 2 heterocycles. The molecule has 23 heavy (non-hydrogen) atoms. The Morgan fingerprint density at radius 1 is 1.48 bits per heavy atom. The summed E-state index contributed by atoms with van der Waals surface area (Å²) in [5.74, 6) is 0.608. The lowest BCUT2D eigenvalue weighted by Gasteiger charge is -2.38. The first-order valence-electron chi connectivity index (χ1n) is 7.21. The maximum Gasteiger partial charge on any atom is 0.270 e. The molecule has 3 N–H and O–H groups in total. The number of imidazole rings is 1. The van der Waals surface area contributed by atoms with E-state index < -0.39 is 0 Å². The van der Waals surface area contributed by atoms with E-state index in [1.54, 1.807) is 30.2 Å². The van der Waals surface area contributed by atoms with Crippen LogP contribution >= 0.6 is 12.4 Å². The van der Waals surface area contributed by atoms with Gasteiger partial charge in [0.05, 0.1) is 18.6 Å². The molecule has 6 nitrogen and oxygen atoms in total. The van der Waals surface area contributed by atoms with Crippen LogP contribution in [0.25, 0.3) is 0 Å². The summed E-state index contributed by atoms with van der Waals surface area (Å²) in [7, 11) is 1.79. The van der Waals surface area contributed by atoms with E-state index in [-0.39, 0.29) is 30.0 Å². The number of anilines is 1. The first kappa shape index (κ1) is 17.1. The number of nitrogens with zero attached hydrogens (tertiary/aromatic N) is 2. The van der Waals surface area contributed by atoms with Gasteiger partial charge in [-0.2, -0.15) is 0 Å². The molecule has 1 atom stereocenters. The standard InChI is InChI=1S/C16H20N4O2.ClH/c1-16(2)7-12(11-6-10(17)4-5-14(11)22-16)19-15(21)13-8-18-9-20(13)3;/h4-6,8-9,12H,7,17H2,1-3H3,(H,19,21);1H. The zero-order valence-corrected chi connectivity index (χ0v) is 14.2. The number of nitrogens with one attached hydrogen (secondary N) is 1. The first-order valence-corrected chi connectivity index (χ1v) is 7.21. The van der Waals surface area contributed by atoms with Crippen LogP contribution in [-0.4, -0.2) is 21.1 Å². The molecule has 1 aromatic carbocycles. The minimum absolute atomic E-state index is 0.